The van der Waals surface area contributed by atoms with E-state index in [4.69, 9.17) is 4.74 Å². The number of thioether (sulfide) groups is 1. The molecule has 2 bridgehead atoms. The quantitative estimate of drug-likeness (QED) is 0.315. The van der Waals surface area contributed by atoms with E-state index in [1.54, 1.807) is 28.8 Å². The number of likely N-dealkylation sites (tertiary alicyclic amines) is 1. The van der Waals surface area contributed by atoms with E-state index in [2.05, 4.69) is 38.3 Å². The average molecular weight is 560 g/mol. The van der Waals surface area contributed by atoms with Gasteiger partial charge < -0.3 is 25.4 Å². The maximum Gasteiger partial charge on any atom is 0.244 e. The first-order valence-corrected chi connectivity index (χ1v) is 15.5. The minimum absolute atomic E-state index is 0.0353. The molecule has 216 valence electrons. The number of unbranched alkanes of at least 4 members (excludes halogenated alkanes) is 2. The first-order chi connectivity index (χ1) is 18.7. The zero-order valence-electron chi connectivity index (χ0n) is 23.9. The van der Waals surface area contributed by atoms with Crippen LogP contribution in [0.5, 0.6) is 5.75 Å². The molecule has 7 atom stereocenters. The molecular weight excluding hydrogens is 514 g/mol. The number of carbonyl (C=O) groups is 3. The van der Waals surface area contributed by atoms with Crippen molar-refractivity contribution < 1.29 is 24.2 Å². The number of benzene rings is 1. The minimum atomic E-state index is -0.708. The predicted octanol–water partition coefficient (Wildman–Crippen LogP) is 4.07. The molecule has 4 rings (SSSR count). The SMILES string of the molecule is CCCCCNC(=O)C1N([C@@H](CO)CC(C)C)C(=O)[C@@H]2[C@@H](C(=O)Nc3ccc(OCC)cc3)[C@H]3CC(C)C12S3. The van der Waals surface area contributed by atoms with E-state index in [-0.39, 0.29) is 41.4 Å². The first kappa shape index (κ1) is 29.7. The van der Waals surface area contributed by atoms with E-state index in [1.807, 2.05) is 19.1 Å². The topological polar surface area (TPSA) is 108 Å². The van der Waals surface area contributed by atoms with Gasteiger partial charge in [-0.2, -0.15) is 0 Å². The summed E-state index contributed by atoms with van der Waals surface area (Å²) in [7, 11) is 0. The number of aliphatic hydroxyl groups excluding tert-OH is 1. The molecule has 3 saturated heterocycles. The van der Waals surface area contributed by atoms with E-state index in [1.165, 1.54) is 0 Å². The van der Waals surface area contributed by atoms with Crippen LogP contribution in [-0.4, -0.2) is 69.6 Å². The van der Waals surface area contributed by atoms with Crippen molar-refractivity contribution in [1.29, 1.82) is 0 Å². The van der Waals surface area contributed by atoms with E-state index >= 15 is 0 Å². The molecule has 3 heterocycles. The smallest absolute Gasteiger partial charge is 0.244 e. The predicted molar refractivity (Wildman–Crippen MR) is 155 cm³/mol. The lowest BCUT2D eigenvalue weighted by Crippen LogP contribution is -2.58. The number of fused-ring (bicyclic) bond motifs is 1. The third-order valence-corrected chi connectivity index (χ3v) is 10.7. The monoisotopic (exact) mass is 559 g/mol. The summed E-state index contributed by atoms with van der Waals surface area (Å²) in [5.41, 5.74) is 0.652. The van der Waals surface area contributed by atoms with Gasteiger partial charge in [0.05, 0.1) is 35.8 Å². The van der Waals surface area contributed by atoms with Gasteiger partial charge in [-0.15, -0.1) is 11.8 Å². The van der Waals surface area contributed by atoms with Crippen LogP contribution in [0.3, 0.4) is 0 Å². The van der Waals surface area contributed by atoms with Crippen LogP contribution in [-0.2, 0) is 14.4 Å². The van der Waals surface area contributed by atoms with Gasteiger partial charge in [0.1, 0.15) is 11.8 Å². The normalized spacial score (nSPS) is 30.0. The lowest BCUT2D eigenvalue weighted by atomic mass is 9.66. The van der Waals surface area contributed by atoms with Crippen molar-refractivity contribution in [2.45, 2.75) is 88.8 Å². The van der Waals surface area contributed by atoms with Crippen LogP contribution in [0, 0.1) is 23.7 Å². The van der Waals surface area contributed by atoms with Crippen molar-refractivity contribution in [3.63, 3.8) is 0 Å². The Balaban J connectivity index is 1.65. The second kappa shape index (κ2) is 12.5. The Morgan fingerprint density at radius 2 is 1.90 bits per heavy atom. The molecule has 1 aromatic carbocycles. The molecule has 3 N–H and O–H groups in total. The van der Waals surface area contributed by atoms with Gasteiger partial charge in [-0.25, -0.2) is 0 Å². The second-order valence-electron chi connectivity index (χ2n) is 11.7. The molecular formula is C30H45N3O5S. The Bertz CT molecular complexity index is 1030. The minimum Gasteiger partial charge on any atom is -0.494 e. The summed E-state index contributed by atoms with van der Waals surface area (Å²) in [5.74, 6) is -0.596. The van der Waals surface area contributed by atoms with Crippen LogP contribution in [0.2, 0.25) is 0 Å². The van der Waals surface area contributed by atoms with Crippen LogP contribution in [0.15, 0.2) is 24.3 Å². The van der Waals surface area contributed by atoms with Crippen molar-refractivity contribution in [2.75, 3.05) is 25.1 Å². The fraction of sp³-hybridized carbons (Fsp3) is 0.700. The highest BCUT2D eigenvalue weighted by atomic mass is 32.2. The van der Waals surface area contributed by atoms with Crippen LogP contribution in [0.1, 0.15) is 66.7 Å². The summed E-state index contributed by atoms with van der Waals surface area (Å²) in [6.07, 6.45) is 4.33. The van der Waals surface area contributed by atoms with Gasteiger partial charge in [-0.3, -0.25) is 14.4 Å². The Labute approximate surface area is 237 Å². The summed E-state index contributed by atoms with van der Waals surface area (Å²) < 4.78 is 4.82. The summed E-state index contributed by atoms with van der Waals surface area (Å²) in [5, 5.41) is 16.5. The molecule has 1 aromatic rings. The molecule has 0 aromatic heterocycles. The summed E-state index contributed by atoms with van der Waals surface area (Å²) in [6.45, 7) is 11.2. The lowest BCUT2D eigenvalue weighted by Gasteiger charge is -2.40. The molecule has 3 unspecified atom stereocenters. The maximum atomic E-state index is 14.3. The largest absolute Gasteiger partial charge is 0.494 e. The standard InChI is InChI=1S/C30H45N3O5S/c1-6-8-9-14-31-28(36)26-30-19(5)16-23(39-30)24(25(30)29(37)33(26)21(17-34)15-18(3)4)27(35)32-20-10-12-22(13-11-20)38-7-2/h10-13,18-19,21,23-26,34H,6-9,14-17H2,1-5H3,(H,31,36)(H,32,35)/t19?,21-,23-,24+,25+,26?,30?/m1/s1. The highest BCUT2D eigenvalue weighted by Gasteiger charge is 2.76. The molecule has 0 saturated carbocycles. The number of carbonyl (C=O) groups excluding carboxylic acids is 3. The molecule has 39 heavy (non-hydrogen) atoms. The average Bonchev–Trinajstić information content (AvgIpc) is 3.50. The number of aliphatic hydroxyl groups is 1. The van der Waals surface area contributed by atoms with Crippen molar-refractivity contribution >= 4 is 35.2 Å². The number of hydrogen-bond donors (Lipinski definition) is 3. The van der Waals surface area contributed by atoms with Gasteiger partial charge in [-0.05, 0) is 62.3 Å². The van der Waals surface area contributed by atoms with E-state index in [0.717, 1.165) is 31.4 Å². The molecule has 1 spiro atoms. The molecule has 3 amide bonds. The molecule has 9 heteroatoms. The van der Waals surface area contributed by atoms with Crippen molar-refractivity contribution in [3.8, 4) is 5.75 Å². The molecule has 0 aliphatic carbocycles. The Morgan fingerprint density at radius 3 is 2.51 bits per heavy atom. The fourth-order valence-corrected chi connectivity index (χ4v) is 9.39. The van der Waals surface area contributed by atoms with Gasteiger partial charge in [0, 0.05) is 17.5 Å². The van der Waals surface area contributed by atoms with Crippen LogP contribution >= 0.6 is 11.8 Å². The van der Waals surface area contributed by atoms with Crippen LogP contribution in [0.25, 0.3) is 0 Å². The maximum absolute atomic E-state index is 14.3. The zero-order chi connectivity index (χ0) is 28.3. The molecule has 3 fully saturated rings. The molecule has 3 aliphatic rings. The fourth-order valence-electron chi connectivity index (χ4n) is 6.98. The van der Waals surface area contributed by atoms with Gasteiger partial charge in [-0.1, -0.05) is 40.5 Å². The van der Waals surface area contributed by atoms with Gasteiger partial charge >= 0.3 is 0 Å². The summed E-state index contributed by atoms with van der Waals surface area (Å²) in [4.78, 5) is 43.6. The number of hydrogen-bond acceptors (Lipinski definition) is 6. The van der Waals surface area contributed by atoms with Gasteiger partial charge in [0.15, 0.2) is 0 Å². The van der Waals surface area contributed by atoms with Crippen LogP contribution in [0.4, 0.5) is 5.69 Å². The van der Waals surface area contributed by atoms with E-state index in [9.17, 15) is 19.5 Å². The highest BCUT2D eigenvalue weighted by Crippen LogP contribution is 2.69. The van der Waals surface area contributed by atoms with Crippen molar-refractivity contribution in [1.82, 2.24) is 10.2 Å². The third kappa shape index (κ3) is 5.53. The number of anilines is 1. The van der Waals surface area contributed by atoms with Gasteiger partial charge in [0.25, 0.3) is 0 Å². The molecule has 8 nitrogen and oxygen atoms in total. The number of nitrogens with one attached hydrogen (secondary N) is 2. The molecule has 0 radical (unpaired) electrons. The summed E-state index contributed by atoms with van der Waals surface area (Å²) in [6, 6.07) is 6.07. The number of nitrogens with zero attached hydrogens (tertiary/aromatic N) is 1. The molecule has 3 aliphatic heterocycles. The highest BCUT2D eigenvalue weighted by molar-refractivity contribution is 8.02. The lowest BCUT2D eigenvalue weighted by molar-refractivity contribution is -0.142. The number of rotatable bonds is 13. The zero-order valence-corrected chi connectivity index (χ0v) is 24.8. The number of ether oxygens (including phenoxy) is 1. The third-order valence-electron chi connectivity index (χ3n) is 8.59. The Kier molecular flexibility index (Phi) is 9.53. The first-order valence-electron chi connectivity index (χ1n) is 14.6. The van der Waals surface area contributed by atoms with E-state index in [0.29, 0.717) is 25.3 Å². The second-order valence-corrected chi connectivity index (χ2v) is 13.3. The summed E-state index contributed by atoms with van der Waals surface area (Å²) >= 11 is 1.66. The van der Waals surface area contributed by atoms with Crippen molar-refractivity contribution in [2.24, 2.45) is 23.7 Å². The number of amides is 3. The van der Waals surface area contributed by atoms with Crippen LogP contribution < -0.4 is 15.4 Å². The Hall–Kier alpha value is -2.26. The van der Waals surface area contributed by atoms with Crippen molar-refractivity contribution in [3.05, 3.63) is 24.3 Å². The Morgan fingerprint density at radius 1 is 1.18 bits per heavy atom. The van der Waals surface area contributed by atoms with Gasteiger partial charge in [0.2, 0.25) is 17.7 Å². The van der Waals surface area contributed by atoms with E-state index < -0.39 is 28.7 Å².